The number of nitrogens with two attached hydrogens (primary N) is 1. The van der Waals surface area contributed by atoms with Crippen molar-refractivity contribution in [2.24, 2.45) is 10.7 Å². The van der Waals surface area contributed by atoms with Gasteiger partial charge in [-0.1, -0.05) is 6.07 Å². The Morgan fingerprint density at radius 3 is 2.55 bits per heavy atom. The molecule has 3 rings (SSSR count). The van der Waals surface area contributed by atoms with Crippen molar-refractivity contribution in [3.8, 4) is 5.75 Å². The molecule has 166 valence electrons. The van der Waals surface area contributed by atoms with E-state index in [0.29, 0.717) is 0 Å². The van der Waals surface area contributed by atoms with Crippen LogP contribution in [0.2, 0.25) is 0 Å². The normalized spacial score (nSPS) is 20.3. The van der Waals surface area contributed by atoms with Crippen LogP contribution in [0.4, 0.5) is 13.2 Å². The first-order valence-electron chi connectivity index (χ1n) is 8.91. The molecule has 12 heteroatoms. The zero-order valence-electron chi connectivity index (χ0n) is 16.8. The molecule has 8 nitrogen and oxygen atoms in total. The van der Waals surface area contributed by atoms with Gasteiger partial charge in [0.1, 0.15) is 28.6 Å². The number of aliphatic imine (C=N–C) groups is 1. The summed E-state index contributed by atoms with van der Waals surface area (Å²) in [6, 6.07) is 2.86. The van der Waals surface area contributed by atoms with Crippen LogP contribution in [-0.4, -0.2) is 49.4 Å². The van der Waals surface area contributed by atoms with Crippen LogP contribution < -0.4 is 10.5 Å². The summed E-state index contributed by atoms with van der Waals surface area (Å²) < 4.78 is 74.3. The largest absolute Gasteiger partial charge is 0.495 e. The Bertz CT molecular complexity index is 1200. The van der Waals surface area contributed by atoms with Gasteiger partial charge >= 0.3 is 0 Å². The van der Waals surface area contributed by atoms with Crippen LogP contribution in [0.1, 0.15) is 28.5 Å². The number of hydrogen-bond acceptors (Lipinski definition) is 7. The van der Waals surface area contributed by atoms with Crippen molar-refractivity contribution in [3.05, 3.63) is 58.7 Å². The van der Waals surface area contributed by atoms with E-state index in [1.165, 1.54) is 21.1 Å². The van der Waals surface area contributed by atoms with E-state index >= 15 is 4.39 Å². The standard InChI is InChI=1S/C19H19F3N4O4S/c1-19(9-31(28,29)26(2)18(23)25-19)15-12(20)5-4-10(16(15)22)6-14(27)17-13(21)7-11(30-3)8-24-17/h4-5,7-8H,6,9H2,1-3H3,(H2,23,25)/t19-/m0/s1. The first-order valence-corrected chi connectivity index (χ1v) is 10.5. The first kappa shape index (κ1) is 22.5. The van der Waals surface area contributed by atoms with Crippen molar-refractivity contribution in [3.63, 3.8) is 0 Å². The minimum Gasteiger partial charge on any atom is -0.495 e. The number of ketones is 1. The highest BCUT2D eigenvalue weighted by Crippen LogP contribution is 2.36. The lowest BCUT2D eigenvalue weighted by Crippen LogP contribution is -2.50. The number of aromatic nitrogens is 1. The number of Topliss-reactive ketones (excluding diaryl/α,β-unsaturated/α-hetero) is 1. The van der Waals surface area contributed by atoms with Crippen molar-refractivity contribution in [1.29, 1.82) is 0 Å². The second kappa shape index (κ2) is 7.84. The Morgan fingerprint density at radius 2 is 1.97 bits per heavy atom. The van der Waals surface area contributed by atoms with E-state index in [2.05, 4.69) is 9.98 Å². The fourth-order valence-corrected chi connectivity index (χ4v) is 4.74. The molecule has 0 amide bonds. The van der Waals surface area contributed by atoms with Crippen LogP contribution in [0.25, 0.3) is 0 Å². The number of guanidine groups is 1. The molecule has 0 spiro atoms. The summed E-state index contributed by atoms with van der Waals surface area (Å²) >= 11 is 0. The third-order valence-electron chi connectivity index (χ3n) is 4.94. The number of ether oxygens (including phenoxy) is 1. The summed E-state index contributed by atoms with van der Waals surface area (Å²) in [5.74, 6) is -5.12. The van der Waals surface area contributed by atoms with Gasteiger partial charge in [-0.05, 0) is 18.6 Å². The Labute approximate surface area is 176 Å². The van der Waals surface area contributed by atoms with Crippen molar-refractivity contribution >= 4 is 21.8 Å². The van der Waals surface area contributed by atoms with Gasteiger partial charge in [0.05, 0.1) is 24.6 Å². The topological polar surface area (TPSA) is 115 Å². The van der Waals surface area contributed by atoms with Gasteiger partial charge in [0, 0.05) is 19.5 Å². The second-order valence-corrected chi connectivity index (χ2v) is 9.17. The number of nitrogens with zero attached hydrogens (tertiary/aromatic N) is 3. The lowest BCUT2D eigenvalue weighted by molar-refractivity contribution is 0.0982. The van der Waals surface area contributed by atoms with Gasteiger partial charge in [-0.2, -0.15) is 0 Å². The van der Waals surface area contributed by atoms with Gasteiger partial charge in [-0.3, -0.25) is 4.79 Å². The zero-order valence-corrected chi connectivity index (χ0v) is 17.6. The maximum absolute atomic E-state index is 15.3. The van der Waals surface area contributed by atoms with Gasteiger partial charge in [0.15, 0.2) is 11.6 Å². The van der Waals surface area contributed by atoms with E-state index in [1.54, 1.807) is 0 Å². The minimum atomic E-state index is -3.99. The Balaban J connectivity index is 2.03. The van der Waals surface area contributed by atoms with Crippen LogP contribution in [0.15, 0.2) is 29.4 Å². The minimum absolute atomic E-state index is 0.0937. The number of rotatable bonds is 5. The molecule has 0 radical (unpaired) electrons. The van der Waals surface area contributed by atoms with Crippen LogP contribution in [0, 0.1) is 17.5 Å². The Morgan fingerprint density at radius 1 is 1.29 bits per heavy atom. The molecule has 0 unspecified atom stereocenters. The zero-order chi connectivity index (χ0) is 23.1. The summed E-state index contributed by atoms with van der Waals surface area (Å²) in [7, 11) is -1.51. The van der Waals surface area contributed by atoms with E-state index in [-0.39, 0.29) is 11.3 Å². The number of pyridine rings is 1. The van der Waals surface area contributed by atoms with Crippen LogP contribution in [-0.2, 0) is 22.0 Å². The summed E-state index contributed by atoms with van der Waals surface area (Å²) in [5, 5.41) is 0. The quantitative estimate of drug-likeness (QED) is 0.686. The smallest absolute Gasteiger partial charge is 0.239 e. The Hall–Kier alpha value is -3.15. The molecule has 0 fully saturated rings. The average molecular weight is 456 g/mol. The summed E-state index contributed by atoms with van der Waals surface area (Å²) in [6.45, 7) is 1.22. The summed E-state index contributed by atoms with van der Waals surface area (Å²) in [5.41, 5.74) is 2.30. The molecular formula is C19H19F3N4O4S. The van der Waals surface area contributed by atoms with Crippen molar-refractivity contribution in [2.45, 2.75) is 18.9 Å². The van der Waals surface area contributed by atoms with Gasteiger partial charge in [-0.25, -0.2) is 35.9 Å². The predicted molar refractivity (Wildman–Crippen MR) is 106 cm³/mol. The maximum atomic E-state index is 15.3. The number of carbonyl (C=O) groups excluding carboxylic acids is 1. The molecule has 1 aromatic heterocycles. The van der Waals surface area contributed by atoms with Gasteiger partial charge in [0.2, 0.25) is 16.0 Å². The molecule has 1 aromatic carbocycles. The fourth-order valence-electron chi connectivity index (χ4n) is 3.30. The van der Waals surface area contributed by atoms with E-state index in [0.717, 1.165) is 28.7 Å². The van der Waals surface area contributed by atoms with Crippen molar-refractivity contribution in [1.82, 2.24) is 9.29 Å². The van der Waals surface area contributed by atoms with Crippen LogP contribution in [0.5, 0.6) is 5.75 Å². The Kier molecular flexibility index (Phi) is 5.70. The monoisotopic (exact) mass is 456 g/mol. The third kappa shape index (κ3) is 4.07. The molecule has 1 atom stereocenters. The van der Waals surface area contributed by atoms with Crippen LogP contribution >= 0.6 is 0 Å². The molecule has 2 aromatic rings. The summed E-state index contributed by atoms with van der Waals surface area (Å²) in [6.07, 6.45) is 0.488. The summed E-state index contributed by atoms with van der Waals surface area (Å²) in [4.78, 5) is 20.2. The molecular weight excluding hydrogens is 437 g/mol. The first-order chi connectivity index (χ1) is 14.4. The predicted octanol–water partition coefficient (Wildman–Crippen LogP) is 1.74. The highest BCUT2D eigenvalue weighted by molar-refractivity contribution is 7.89. The lowest BCUT2D eigenvalue weighted by atomic mass is 9.90. The number of hydrogen-bond donors (Lipinski definition) is 1. The number of halogens is 3. The van der Waals surface area contributed by atoms with E-state index in [4.69, 9.17) is 10.5 Å². The van der Waals surface area contributed by atoms with Gasteiger partial charge in [-0.15, -0.1) is 0 Å². The number of methoxy groups -OCH3 is 1. The molecule has 0 saturated heterocycles. The molecule has 0 bridgehead atoms. The fraction of sp³-hybridized carbons (Fsp3) is 0.316. The number of carbonyl (C=O) groups is 1. The van der Waals surface area contributed by atoms with Crippen LogP contribution in [0.3, 0.4) is 0 Å². The molecule has 1 aliphatic rings. The average Bonchev–Trinajstić information content (AvgIpc) is 2.67. The highest BCUT2D eigenvalue weighted by atomic mass is 32.2. The number of benzene rings is 1. The lowest BCUT2D eigenvalue weighted by Gasteiger charge is -2.35. The van der Waals surface area contributed by atoms with Gasteiger partial charge in [0.25, 0.3) is 0 Å². The molecule has 31 heavy (non-hydrogen) atoms. The molecule has 2 N–H and O–H groups in total. The van der Waals surface area contributed by atoms with E-state index in [1.807, 2.05) is 0 Å². The molecule has 0 aliphatic carbocycles. The van der Waals surface area contributed by atoms with Crippen molar-refractivity contribution < 1.29 is 31.1 Å². The van der Waals surface area contributed by atoms with Gasteiger partial charge < -0.3 is 10.5 Å². The maximum Gasteiger partial charge on any atom is 0.239 e. The molecule has 0 saturated carbocycles. The number of sulfonamides is 1. The third-order valence-corrected chi connectivity index (χ3v) is 6.89. The molecule has 1 aliphatic heterocycles. The van der Waals surface area contributed by atoms with Crippen molar-refractivity contribution in [2.75, 3.05) is 19.9 Å². The molecule has 2 heterocycles. The highest BCUT2D eigenvalue weighted by Gasteiger charge is 2.43. The van der Waals surface area contributed by atoms with E-state index < -0.39 is 68.2 Å². The second-order valence-electron chi connectivity index (χ2n) is 7.17. The SMILES string of the molecule is COc1cnc(C(=O)Cc2ccc(F)c([C@]3(C)CS(=O)(=O)N(C)C(N)=N3)c2F)c(F)c1. The van der Waals surface area contributed by atoms with E-state index in [9.17, 15) is 22.0 Å².